The molecule has 0 aromatic rings. The molecule has 0 aromatic carbocycles. The van der Waals surface area contributed by atoms with Gasteiger partial charge in [-0.25, -0.2) is 0 Å². The van der Waals surface area contributed by atoms with Crippen molar-refractivity contribution in [2.24, 2.45) is 5.73 Å². The molecule has 0 aromatic heterocycles. The molecule has 5 nitrogen and oxygen atoms in total. The van der Waals surface area contributed by atoms with Crippen LogP contribution in [0, 0.1) is 0 Å². The first kappa shape index (κ1) is 15.4. The Kier molecular flexibility index (Phi) is 11.0. The van der Waals surface area contributed by atoms with Gasteiger partial charge in [-0.2, -0.15) is 0 Å². The molecule has 0 rings (SSSR count). The van der Waals surface area contributed by atoms with Crippen molar-refractivity contribution < 1.29 is 23.0 Å². The van der Waals surface area contributed by atoms with Crippen LogP contribution >= 0.6 is 11.8 Å². The maximum absolute atomic E-state index is 10.1. The van der Waals surface area contributed by atoms with Gasteiger partial charge < -0.3 is 23.9 Å². The number of carboxylic acids is 1. The van der Waals surface area contributed by atoms with E-state index in [2.05, 4.69) is 0 Å². The molecule has 0 bridgehead atoms. The summed E-state index contributed by atoms with van der Waals surface area (Å²) in [5.74, 6) is -1.26. The van der Waals surface area contributed by atoms with Crippen LogP contribution in [0.2, 0.25) is 0 Å². The minimum absolute atomic E-state index is 0. The number of carbonyl (C=O) groups is 1. The molecule has 2 unspecified atom stereocenters. The molecule has 0 spiro atoms. The van der Waals surface area contributed by atoms with Gasteiger partial charge in [0, 0.05) is 5.75 Å². The molecule has 0 aliphatic carbocycles. The molecule has 0 saturated heterocycles. The topological polar surface area (TPSA) is 104 Å². The zero-order chi connectivity index (χ0) is 8.85. The van der Waals surface area contributed by atoms with Crippen molar-refractivity contribution in [1.29, 1.82) is 0 Å². The van der Waals surface area contributed by atoms with E-state index in [-0.39, 0.29) is 52.3 Å². The van der Waals surface area contributed by atoms with Crippen molar-refractivity contribution >= 4 is 55.5 Å². The van der Waals surface area contributed by atoms with E-state index < -0.39 is 18.1 Å². The predicted octanol–water partition coefficient (Wildman–Crippen LogP) is -1.71. The summed E-state index contributed by atoms with van der Waals surface area (Å²) in [7, 11) is 0. The fraction of sp³-hybridized carbons (Fsp3) is 0.800. The van der Waals surface area contributed by atoms with Crippen LogP contribution in [0.1, 0.15) is 2.85 Å². The number of hydrogen-bond donors (Lipinski definition) is 4. The zero-order valence-corrected chi connectivity index (χ0v) is 9.54. The summed E-state index contributed by atoms with van der Waals surface area (Å²) >= 11 is 1.02. The smallest absolute Gasteiger partial charge is 1.00 e. The maximum atomic E-state index is 10.1. The molecule has 12 heavy (non-hydrogen) atoms. The molecule has 0 saturated carbocycles. The van der Waals surface area contributed by atoms with Crippen LogP contribution in [0.5, 0.6) is 0 Å². The van der Waals surface area contributed by atoms with E-state index >= 15 is 0 Å². The van der Waals surface area contributed by atoms with Crippen molar-refractivity contribution in [3.05, 3.63) is 0 Å². The number of rotatable bonds is 5. The zero-order valence-electron chi connectivity index (χ0n) is 8.51. The van der Waals surface area contributed by atoms with Crippen molar-refractivity contribution in [3.8, 4) is 0 Å². The Morgan fingerprint density at radius 2 is 2.17 bits per heavy atom. The fourth-order valence-corrected chi connectivity index (χ4v) is 0.996. The van der Waals surface area contributed by atoms with E-state index in [9.17, 15) is 4.79 Å². The second-order valence-electron chi connectivity index (χ2n) is 1.93. The molecular formula is C5H13CaNO4S. The van der Waals surface area contributed by atoms with Crippen LogP contribution in [0.25, 0.3) is 0 Å². The van der Waals surface area contributed by atoms with Gasteiger partial charge in [-0.15, -0.1) is 11.8 Å². The summed E-state index contributed by atoms with van der Waals surface area (Å²) in [6, 6.07) is -1.27. The Bertz CT molecular complexity index is 145. The quantitative estimate of drug-likeness (QED) is 0.327. The largest absolute Gasteiger partial charge is 2.00 e. The van der Waals surface area contributed by atoms with Crippen molar-refractivity contribution in [1.82, 2.24) is 0 Å². The second-order valence-corrected chi connectivity index (χ2v) is 2.93. The third-order valence-electron chi connectivity index (χ3n) is 1.08. The third kappa shape index (κ3) is 6.47. The van der Waals surface area contributed by atoms with E-state index in [1.165, 1.54) is 0 Å². The molecule has 0 aliphatic rings. The van der Waals surface area contributed by atoms with Crippen molar-refractivity contribution in [2.75, 3.05) is 11.7 Å². The van der Waals surface area contributed by atoms with Crippen LogP contribution in [0.15, 0.2) is 0 Å². The average molecular weight is 223 g/mol. The van der Waals surface area contributed by atoms with Gasteiger partial charge in [0.25, 0.3) is 0 Å². The van der Waals surface area contributed by atoms with Gasteiger partial charge in [0.2, 0.25) is 0 Å². The Morgan fingerprint density at radius 1 is 1.67 bits per heavy atom. The molecule has 0 amide bonds. The summed E-state index contributed by atoms with van der Waals surface area (Å²) in [6.07, 6.45) is -1.11. The number of hydrogen-bond acceptors (Lipinski definition) is 5. The molecule has 7 heteroatoms. The van der Waals surface area contributed by atoms with Gasteiger partial charge in [0.1, 0.15) is 6.04 Å². The summed E-state index contributed by atoms with van der Waals surface area (Å²) in [6.45, 7) is 0. The van der Waals surface area contributed by atoms with E-state index in [4.69, 9.17) is 21.1 Å². The van der Waals surface area contributed by atoms with Gasteiger partial charge in [0.05, 0.1) is 12.0 Å². The summed E-state index contributed by atoms with van der Waals surface area (Å²) < 4.78 is 0. The fourth-order valence-electron chi connectivity index (χ4n) is 0.442. The number of thioether (sulfide) groups is 1. The number of aliphatic hydroxyl groups excluding tert-OH is 2. The first-order valence-corrected chi connectivity index (χ1v) is 4.10. The Hall–Kier alpha value is 0.960. The van der Waals surface area contributed by atoms with E-state index in [0.29, 0.717) is 0 Å². The maximum Gasteiger partial charge on any atom is 2.00 e. The molecule has 0 fully saturated rings. The van der Waals surface area contributed by atoms with Crippen LogP contribution < -0.4 is 5.73 Å². The number of aliphatic carboxylic acids is 1. The number of nitrogens with two attached hydrogens (primary N) is 1. The first-order valence-electron chi connectivity index (χ1n) is 2.94. The minimum Gasteiger partial charge on any atom is -1.00 e. The van der Waals surface area contributed by atoms with Gasteiger partial charge in [0.15, 0.2) is 0 Å². The van der Waals surface area contributed by atoms with Gasteiger partial charge in [-0.3, -0.25) is 4.79 Å². The number of carboxylic acid groups (broad SMARTS) is 1. The van der Waals surface area contributed by atoms with Gasteiger partial charge in [-0.05, 0) is 0 Å². The molecule has 5 N–H and O–H groups in total. The Labute approximate surface area is 107 Å². The molecule has 2 atom stereocenters. The minimum atomic E-state index is -1.27. The Morgan fingerprint density at radius 3 is 2.50 bits per heavy atom. The van der Waals surface area contributed by atoms with E-state index in [1.54, 1.807) is 0 Å². The Balaban J connectivity index is -0.000000167. The molecule has 0 radical (unpaired) electrons. The second kappa shape index (κ2) is 8.55. The van der Waals surface area contributed by atoms with E-state index in [1.807, 2.05) is 0 Å². The predicted molar refractivity (Wildman–Crippen MR) is 49.1 cm³/mol. The SMILES string of the molecule is NC(C(=O)O)C(O)CSCO.[Ca+2].[H-].[H-]. The summed E-state index contributed by atoms with van der Waals surface area (Å²) in [5.41, 5.74) is 5.06. The van der Waals surface area contributed by atoms with Crippen LogP contribution in [-0.2, 0) is 4.79 Å². The average Bonchev–Trinajstić information content (AvgIpc) is 1.98. The molecule has 0 aliphatic heterocycles. The number of aliphatic hydroxyl groups is 2. The van der Waals surface area contributed by atoms with E-state index in [0.717, 1.165) is 11.8 Å². The summed E-state index contributed by atoms with van der Waals surface area (Å²) in [5, 5.41) is 25.6. The normalized spacial score (nSPS) is 14.6. The third-order valence-corrected chi connectivity index (χ3v) is 1.84. The van der Waals surface area contributed by atoms with Crippen molar-refractivity contribution in [2.45, 2.75) is 12.1 Å². The summed E-state index contributed by atoms with van der Waals surface area (Å²) in [4.78, 5) is 10.1. The van der Waals surface area contributed by atoms with Crippen LogP contribution in [0.4, 0.5) is 0 Å². The molecular weight excluding hydrogens is 210 g/mol. The molecule has 0 heterocycles. The first-order chi connectivity index (χ1) is 5.09. The molecule has 70 valence electrons. The monoisotopic (exact) mass is 223 g/mol. The van der Waals surface area contributed by atoms with Crippen LogP contribution in [-0.4, -0.2) is 82.9 Å². The standard InChI is InChI=1S/C5H11NO4S.Ca.2H/c6-4(5(9)10)3(8)1-11-2-7;;;/h3-4,7-8H,1-2,6H2,(H,9,10);;;/q;+2;2*-1. The van der Waals surface area contributed by atoms with Gasteiger partial charge >= 0.3 is 43.7 Å². The van der Waals surface area contributed by atoms with Crippen LogP contribution in [0.3, 0.4) is 0 Å². The van der Waals surface area contributed by atoms with Gasteiger partial charge in [-0.1, -0.05) is 0 Å². The van der Waals surface area contributed by atoms with Crippen molar-refractivity contribution in [3.63, 3.8) is 0 Å².